The molecule has 4 nitrogen and oxygen atoms in total. The van der Waals surface area contributed by atoms with Crippen molar-refractivity contribution in [3.05, 3.63) is 0 Å². The SMILES string of the molecule is CCCCCCCCCCCC(=O)OC(=O)O. The topological polar surface area (TPSA) is 63.6 Å². The van der Waals surface area contributed by atoms with Crippen LogP contribution < -0.4 is 0 Å². The van der Waals surface area contributed by atoms with Gasteiger partial charge in [-0.25, -0.2) is 4.79 Å². The molecule has 0 saturated heterocycles. The van der Waals surface area contributed by atoms with Crippen LogP contribution in [0.25, 0.3) is 0 Å². The van der Waals surface area contributed by atoms with Gasteiger partial charge in [-0.3, -0.25) is 4.79 Å². The number of carbonyl (C=O) groups excluding carboxylic acids is 1. The van der Waals surface area contributed by atoms with Crippen LogP contribution in [0.5, 0.6) is 0 Å². The zero-order valence-corrected chi connectivity index (χ0v) is 10.7. The van der Waals surface area contributed by atoms with E-state index in [1.54, 1.807) is 0 Å². The Bertz CT molecular complexity index is 213. The zero-order chi connectivity index (χ0) is 12.9. The molecule has 100 valence electrons. The predicted octanol–water partition coefficient (Wildman–Crippen LogP) is 4.13. The average Bonchev–Trinajstić information content (AvgIpc) is 2.26. The van der Waals surface area contributed by atoms with Gasteiger partial charge in [0.2, 0.25) is 0 Å². The monoisotopic (exact) mass is 244 g/mol. The maximum atomic E-state index is 10.9. The van der Waals surface area contributed by atoms with Crippen LogP contribution in [-0.4, -0.2) is 17.2 Å². The maximum absolute atomic E-state index is 10.9. The van der Waals surface area contributed by atoms with Crippen molar-refractivity contribution in [2.24, 2.45) is 0 Å². The Morgan fingerprint density at radius 3 is 1.82 bits per heavy atom. The van der Waals surface area contributed by atoms with Gasteiger partial charge in [0.05, 0.1) is 0 Å². The highest BCUT2D eigenvalue weighted by Gasteiger charge is 2.06. The molecule has 0 aliphatic rings. The highest BCUT2D eigenvalue weighted by molar-refractivity contribution is 5.80. The van der Waals surface area contributed by atoms with Crippen LogP contribution >= 0.6 is 0 Å². The van der Waals surface area contributed by atoms with E-state index >= 15 is 0 Å². The van der Waals surface area contributed by atoms with Gasteiger partial charge in [0.1, 0.15) is 0 Å². The lowest BCUT2D eigenvalue weighted by Gasteiger charge is -2.01. The molecule has 0 radical (unpaired) electrons. The fourth-order valence-corrected chi connectivity index (χ4v) is 1.73. The lowest BCUT2D eigenvalue weighted by molar-refractivity contribution is -0.139. The third-order valence-electron chi connectivity index (χ3n) is 2.69. The number of ether oxygens (including phenoxy) is 1. The summed E-state index contributed by atoms with van der Waals surface area (Å²) in [5.74, 6) is -0.638. The number of carboxylic acid groups (broad SMARTS) is 1. The summed E-state index contributed by atoms with van der Waals surface area (Å²) in [6.07, 6.45) is 9.20. The quantitative estimate of drug-likeness (QED) is 0.356. The summed E-state index contributed by atoms with van der Waals surface area (Å²) in [7, 11) is 0. The lowest BCUT2D eigenvalue weighted by Crippen LogP contribution is -2.09. The van der Waals surface area contributed by atoms with Crippen LogP contribution in [0.2, 0.25) is 0 Å². The van der Waals surface area contributed by atoms with Crippen LogP contribution in [0.1, 0.15) is 71.1 Å². The molecule has 4 heteroatoms. The summed E-state index contributed by atoms with van der Waals surface area (Å²) in [6.45, 7) is 2.20. The van der Waals surface area contributed by atoms with Crippen molar-refractivity contribution in [3.63, 3.8) is 0 Å². The van der Waals surface area contributed by atoms with Gasteiger partial charge in [-0.1, -0.05) is 58.3 Å². The molecule has 0 aliphatic carbocycles. The number of carbonyl (C=O) groups is 2. The van der Waals surface area contributed by atoms with E-state index in [1.807, 2.05) is 0 Å². The van der Waals surface area contributed by atoms with Crippen molar-refractivity contribution in [2.45, 2.75) is 71.1 Å². The molecule has 0 atom stereocenters. The maximum Gasteiger partial charge on any atom is 0.513 e. The minimum absolute atomic E-state index is 0.210. The van der Waals surface area contributed by atoms with Gasteiger partial charge in [0.25, 0.3) is 0 Å². The number of hydrogen-bond acceptors (Lipinski definition) is 3. The van der Waals surface area contributed by atoms with E-state index in [4.69, 9.17) is 5.11 Å². The molecule has 0 aromatic rings. The third kappa shape index (κ3) is 12.9. The normalized spacial score (nSPS) is 10.2. The molecule has 0 spiro atoms. The molecule has 0 saturated carbocycles. The fourth-order valence-electron chi connectivity index (χ4n) is 1.73. The summed E-state index contributed by atoms with van der Waals surface area (Å²) in [5, 5.41) is 8.18. The summed E-state index contributed by atoms with van der Waals surface area (Å²) >= 11 is 0. The van der Waals surface area contributed by atoms with Gasteiger partial charge in [0, 0.05) is 6.42 Å². The van der Waals surface area contributed by atoms with Crippen LogP contribution in [0, 0.1) is 0 Å². The summed E-state index contributed by atoms with van der Waals surface area (Å²) in [5.41, 5.74) is 0. The van der Waals surface area contributed by atoms with Crippen LogP contribution in [0.4, 0.5) is 4.79 Å². The number of unbranched alkanes of at least 4 members (excludes halogenated alkanes) is 8. The molecule has 0 aromatic heterocycles. The smallest absolute Gasteiger partial charge is 0.449 e. The molecule has 1 N–H and O–H groups in total. The first-order valence-electron chi connectivity index (χ1n) is 6.60. The van der Waals surface area contributed by atoms with Gasteiger partial charge in [-0.2, -0.15) is 0 Å². The minimum Gasteiger partial charge on any atom is -0.449 e. The van der Waals surface area contributed by atoms with E-state index in [2.05, 4.69) is 11.7 Å². The minimum atomic E-state index is -1.51. The van der Waals surface area contributed by atoms with Crippen LogP contribution in [-0.2, 0) is 9.53 Å². The van der Waals surface area contributed by atoms with Gasteiger partial charge in [-0.15, -0.1) is 0 Å². The molecular formula is C13H24O4. The first kappa shape index (κ1) is 15.9. The van der Waals surface area contributed by atoms with Crippen molar-refractivity contribution in [2.75, 3.05) is 0 Å². The third-order valence-corrected chi connectivity index (χ3v) is 2.69. The second kappa shape index (κ2) is 11.4. The number of rotatable bonds is 10. The Morgan fingerprint density at radius 1 is 0.882 bits per heavy atom. The Balaban J connectivity index is 3.13. The second-order valence-electron chi connectivity index (χ2n) is 4.32. The lowest BCUT2D eigenvalue weighted by atomic mass is 10.1. The Labute approximate surface area is 103 Å². The van der Waals surface area contributed by atoms with Crippen molar-refractivity contribution < 1.29 is 19.4 Å². The van der Waals surface area contributed by atoms with Gasteiger partial charge in [-0.05, 0) is 6.42 Å². The predicted molar refractivity (Wildman–Crippen MR) is 66.0 cm³/mol. The molecule has 0 aromatic carbocycles. The van der Waals surface area contributed by atoms with Crippen molar-refractivity contribution in [3.8, 4) is 0 Å². The zero-order valence-electron chi connectivity index (χ0n) is 10.7. The molecule has 0 heterocycles. The Kier molecular flexibility index (Phi) is 10.7. The van der Waals surface area contributed by atoms with Crippen molar-refractivity contribution in [1.82, 2.24) is 0 Å². The first-order valence-corrected chi connectivity index (χ1v) is 6.60. The molecule has 17 heavy (non-hydrogen) atoms. The summed E-state index contributed by atoms with van der Waals surface area (Å²) < 4.78 is 4.00. The van der Waals surface area contributed by atoms with E-state index in [0.717, 1.165) is 19.3 Å². The molecule has 0 aliphatic heterocycles. The summed E-state index contributed by atoms with van der Waals surface area (Å²) in [6, 6.07) is 0. The highest BCUT2D eigenvalue weighted by atomic mass is 16.7. The van der Waals surface area contributed by atoms with E-state index in [1.165, 1.54) is 38.5 Å². The Hall–Kier alpha value is -1.06. The molecular weight excluding hydrogens is 220 g/mol. The largest absolute Gasteiger partial charge is 0.513 e. The van der Waals surface area contributed by atoms with Gasteiger partial charge in [0.15, 0.2) is 0 Å². The van der Waals surface area contributed by atoms with E-state index in [-0.39, 0.29) is 6.42 Å². The standard InChI is InChI=1S/C13H24O4/c1-2-3-4-5-6-7-8-9-10-11-12(14)17-13(15)16/h2-11H2,1H3,(H,15,16). The van der Waals surface area contributed by atoms with Crippen LogP contribution in [0.15, 0.2) is 0 Å². The average molecular weight is 244 g/mol. The van der Waals surface area contributed by atoms with E-state index in [9.17, 15) is 9.59 Å². The Morgan fingerprint density at radius 2 is 1.35 bits per heavy atom. The fraction of sp³-hybridized carbons (Fsp3) is 0.846. The second-order valence-corrected chi connectivity index (χ2v) is 4.32. The first-order chi connectivity index (χ1) is 8.16. The highest BCUT2D eigenvalue weighted by Crippen LogP contribution is 2.10. The van der Waals surface area contributed by atoms with Crippen molar-refractivity contribution >= 4 is 12.1 Å². The molecule has 0 fully saturated rings. The van der Waals surface area contributed by atoms with E-state index in [0.29, 0.717) is 0 Å². The van der Waals surface area contributed by atoms with Crippen molar-refractivity contribution in [1.29, 1.82) is 0 Å². The van der Waals surface area contributed by atoms with Gasteiger partial charge >= 0.3 is 12.1 Å². The summed E-state index contributed by atoms with van der Waals surface area (Å²) in [4.78, 5) is 20.9. The number of esters is 1. The molecule has 0 bridgehead atoms. The van der Waals surface area contributed by atoms with E-state index < -0.39 is 12.1 Å². The number of hydrogen-bond donors (Lipinski definition) is 1. The van der Waals surface area contributed by atoms with Gasteiger partial charge < -0.3 is 9.84 Å². The van der Waals surface area contributed by atoms with Crippen LogP contribution in [0.3, 0.4) is 0 Å². The molecule has 0 amide bonds. The molecule has 0 unspecified atom stereocenters. The molecule has 0 rings (SSSR count).